The second-order valence-electron chi connectivity index (χ2n) is 9.25. The Labute approximate surface area is 214 Å². The van der Waals surface area contributed by atoms with Gasteiger partial charge in [-0.1, -0.05) is 37.6 Å². The van der Waals surface area contributed by atoms with Crippen LogP contribution in [0.5, 0.6) is 5.75 Å². The number of nitrogens with zero attached hydrogens (tertiary/aromatic N) is 1. The molecular weight excluding hydrogens is 487 g/mol. The van der Waals surface area contributed by atoms with Gasteiger partial charge < -0.3 is 25.2 Å². The number of pyridine rings is 1. The van der Waals surface area contributed by atoms with Crippen LogP contribution in [0.1, 0.15) is 60.6 Å². The number of benzene rings is 2. The maximum absolute atomic E-state index is 14.3. The van der Waals surface area contributed by atoms with Crippen molar-refractivity contribution in [3.63, 3.8) is 0 Å². The zero-order valence-electron chi connectivity index (χ0n) is 20.4. The number of hydrogen-bond donors (Lipinski definition) is 4. The second-order valence-corrected chi connectivity index (χ2v) is 9.66. The van der Waals surface area contributed by atoms with E-state index in [1.165, 1.54) is 56.4 Å². The highest BCUT2D eigenvalue weighted by Gasteiger charge is 2.23. The summed E-state index contributed by atoms with van der Waals surface area (Å²) in [7, 11) is 0. The first-order valence-electron chi connectivity index (χ1n) is 12.0. The molecule has 2 aromatic carbocycles. The van der Waals surface area contributed by atoms with Gasteiger partial charge in [0.15, 0.2) is 0 Å². The number of carboxylic acid groups (broad SMARTS) is 1. The lowest BCUT2D eigenvalue weighted by molar-refractivity contribution is 0.0694. The Hall–Kier alpha value is -2.94. The van der Waals surface area contributed by atoms with Gasteiger partial charge in [-0.05, 0) is 61.5 Å². The molecule has 1 unspecified atom stereocenters. The van der Waals surface area contributed by atoms with Crippen molar-refractivity contribution in [2.24, 2.45) is 5.92 Å². The number of aromatic hydroxyl groups is 1. The summed E-state index contributed by atoms with van der Waals surface area (Å²) in [5.41, 5.74) is -0.269. The van der Waals surface area contributed by atoms with Gasteiger partial charge in [0.1, 0.15) is 17.1 Å². The topological polar surface area (TPSA) is 112 Å². The van der Waals surface area contributed by atoms with Crippen LogP contribution in [0.3, 0.4) is 0 Å². The van der Waals surface area contributed by atoms with Crippen molar-refractivity contribution in [1.82, 2.24) is 9.88 Å². The minimum atomic E-state index is -1.37. The molecule has 0 aliphatic carbocycles. The van der Waals surface area contributed by atoms with Crippen molar-refractivity contribution in [1.29, 1.82) is 0 Å². The highest BCUT2D eigenvalue weighted by atomic mass is 35.5. The van der Waals surface area contributed by atoms with Gasteiger partial charge in [0.2, 0.25) is 5.43 Å². The normalized spacial score (nSPS) is 14.1. The molecule has 1 aromatic heterocycles. The molecule has 2 heterocycles. The molecular formula is C27H32ClFN2O5. The molecule has 0 saturated carbocycles. The fraction of sp³-hybridized carbons (Fsp3) is 0.407. The molecule has 7 nitrogen and oxygen atoms in total. The first kappa shape index (κ1) is 27.6. The fourth-order valence-electron chi connectivity index (χ4n) is 4.44. The third-order valence-corrected chi connectivity index (χ3v) is 6.68. The molecule has 1 atom stereocenters. The molecule has 0 amide bonds. The van der Waals surface area contributed by atoms with Crippen LogP contribution in [0.4, 0.5) is 4.39 Å². The van der Waals surface area contributed by atoms with Gasteiger partial charge in [-0.2, -0.15) is 0 Å². The second kappa shape index (κ2) is 12.3. The number of carboxylic acids is 1. The van der Waals surface area contributed by atoms with Crippen LogP contribution >= 0.6 is 11.6 Å². The number of rotatable bonds is 7. The molecule has 9 heteroatoms. The van der Waals surface area contributed by atoms with Crippen LogP contribution in [0, 0.1) is 11.7 Å². The lowest BCUT2D eigenvalue weighted by atomic mass is 9.97. The van der Waals surface area contributed by atoms with E-state index >= 15 is 0 Å². The van der Waals surface area contributed by atoms with E-state index in [9.17, 15) is 29.3 Å². The molecule has 194 valence electrons. The number of phenolic OH excluding ortho intramolecular Hbond substituents is 1. The van der Waals surface area contributed by atoms with E-state index in [2.05, 4.69) is 5.32 Å². The summed E-state index contributed by atoms with van der Waals surface area (Å²) in [6.45, 7) is 6.21. The molecule has 1 aliphatic rings. The van der Waals surface area contributed by atoms with Crippen molar-refractivity contribution in [3.8, 4) is 5.75 Å². The molecule has 36 heavy (non-hydrogen) atoms. The lowest BCUT2D eigenvalue weighted by Gasteiger charge is -2.26. The molecule has 1 saturated heterocycles. The number of aromatic carboxylic acids is 1. The Morgan fingerprint density at radius 2 is 1.89 bits per heavy atom. The maximum atomic E-state index is 14.3. The first-order valence-corrected chi connectivity index (χ1v) is 12.4. The van der Waals surface area contributed by atoms with Gasteiger partial charge in [-0.15, -0.1) is 0 Å². The summed E-state index contributed by atoms with van der Waals surface area (Å²) in [5.74, 6) is -2.14. The summed E-state index contributed by atoms with van der Waals surface area (Å²) in [6, 6.07) is 6.98. The van der Waals surface area contributed by atoms with Crippen LogP contribution in [-0.4, -0.2) is 45.6 Å². The Bertz CT molecular complexity index is 1280. The minimum Gasteiger partial charge on any atom is -0.508 e. The Morgan fingerprint density at radius 1 is 1.19 bits per heavy atom. The molecule has 0 bridgehead atoms. The predicted molar refractivity (Wildman–Crippen MR) is 139 cm³/mol. The number of aliphatic hydroxyl groups is 1. The zero-order chi connectivity index (χ0) is 26.4. The van der Waals surface area contributed by atoms with Crippen molar-refractivity contribution in [3.05, 3.63) is 74.3 Å². The molecule has 0 radical (unpaired) electrons. The Kier molecular flexibility index (Phi) is 9.48. The standard InChI is InChI=1S/C23H23ClFNO5.C4H9N/c1-12(2)18(6-7-27)26-11-16(23(30)31)22(29)15-9-14(20(28)10-19(15)26)8-13-4-3-5-17(24)21(13)25;1-2-4-5-3-1/h3-5,9-12,18,27-28H,6-8H2,1-2H3,(H,30,31);5H,1-4H2. The van der Waals surface area contributed by atoms with Gasteiger partial charge >= 0.3 is 5.97 Å². The summed E-state index contributed by atoms with van der Waals surface area (Å²) in [6.07, 6.45) is 4.34. The monoisotopic (exact) mass is 518 g/mol. The first-order chi connectivity index (χ1) is 17.1. The number of fused-ring (bicyclic) bond motifs is 1. The predicted octanol–water partition coefficient (Wildman–Crippen LogP) is 4.74. The smallest absolute Gasteiger partial charge is 0.341 e. The van der Waals surface area contributed by atoms with Gasteiger partial charge in [0, 0.05) is 36.7 Å². The van der Waals surface area contributed by atoms with E-state index in [-0.39, 0.29) is 52.3 Å². The van der Waals surface area contributed by atoms with Crippen LogP contribution in [0.25, 0.3) is 10.9 Å². The summed E-state index contributed by atoms with van der Waals surface area (Å²) in [4.78, 5) is 24.6. The fourth-order valence-corrected chi connectivity index (χ4v) is 4.63. The van der Waals surface area contributed by atoms with E-state index in [0.717, 1.165) is 0 Å². The Morgan fingerprint density at radius 3 is 2.44 bits per heavy atom. The number of phenols is 1. The van der Waals surface area contributed by atoms with Gasteiger partial charge in [-0.25, -0.2) is 9.18 Å². The van der Waals surface area contributed by atoms with Gasteiger partial charge in [0.05, 0.1) is 10.5 Å². The van der Waals surface area contributed by atoms with Gasteiger partial charge in [0.25, 0.3) is 0 Å². The van der Waals surface area contributed by atoms with E-state index in [4.69, 9.17) is 11.6 Å². The number of carbonyl (C=O) groups is 1. The zero-order valence-corrected chi connectivity index (χ0v) is 21.2. The van der Waals surface area contributed by atoms with E-state index < -0.39 is 22.8 Å². The lowest BCUT2D eigenvalue weighted by Crippen LogP contribution is -2.24. The van der Waals surface area contributed by atoms with Crippen LogP contribution < -0.4 is 10.7 Å². The third-order valence-electron chi connectivity index (χ3n) is 6.38. The maximum Gasteiger partial charge on any atom is 0.341 e. The number of halogens is 2. The van der Waals surface area contributed by atoms with Crippen LogP contribution in [0.15, 0.2) is 41.3 Å². The largest absolute Gasteiger partial charge is 0.508 e. The Balaban J connectivity index is 0.000000642. The van der Waals surface area contributed by atoms with Crippen LogP contribution in [0.2, 0.25) is 5.02 Å². The molecule has 3 aromatic rings. The summed E-state index contributed by atoms with van der Waals surface area (Å²) in [5, 5.41) is 32.9. The van der Waals surface area contributed by atoms with E-state index in [0.29, 0.717) is 11.9 Å². The van der Waals surface area contributed by atoms with E-state index in [1.54, 1.807) is 10.6 Å². The highest BCUT2D eigenvalue weighted by Crippen LogP contribution is 2.32. The quantitative estimate of drug-likeness (QED) is 0.359. The average Bonchev–Trinajstić information content (AvgIpc) is 3.42. The van der Waals surface area contributed by atoms with Crippen molar-refractivity contribution < 1.29 is 24.5 Å². The third kappa shape index (κ3) is 6.24. The molecule has 0 spiro atoms. The molecule has 4 rings (SSSR count). The highest BCUT2D eigenvalue weighted by molar-refractivity contribution is 6.30. The van der Waals surface area contributed by atoms with Crippen LogP contribution in [-0.2, 0) is 6.42 Å². The van der Waals surface area contributed by atoms with E-state index in [1.807, 2.05) is 13.8 Å². The summed E-state index contributed by atoms with van der Waals surface area (Å²) < 4.78 is 16.0. The summed E-state index contributed by atoms with van der Waals surface area (Å²) >= 11 is 5.83. The number of nitrogens with one attached hydrogen (secondary N) is 1. The average molecular weight is 519 g/mol. The minimum absolute atomic E-state index is 0.0156. The van der Waals surface area contributed by atoms with Crippen molar-refractivity contribution >= 4 is 28.5 Å². The molecule has 4 N–H and O–H groups in total. The number of hydrogen-bond acceptors (Lipinski definition) is 5. The SMILES string of the molecule is C1CCNC1.CC(C)C(CCO)n1cc(C(=O)O)c(=O)c2cc(Cc3cccc(Cl)c3F)c(O)cc21. The molecule has 1 aliphatic heterocycles. The van der Waals surface area contributed by atoms with Crippen molar-refractivity contribution in [2.75, 3.05) is 19.7 Å². The number of aromatic nitrogens is 1. The van der Waals surface area contributed by atoms with Gasteiger partial charge in [-0.3, -0.25) is 4.79 Å². The van der Waals surface area contributed by atoms with Crippen molar-refractivity contribution in [2.45, 2.75) is 45.6 Å². The molecule has 1 fully saturated rings. The number of aliphatic hydroxyl groups excluding tert-OH is 1.